The number of benzene rings is 2. The van der Waals surface area contributed by atoms with Crippen molar-refractivity contribution < 1.29 is 14.1 Å². The highest BCUT2D eigenvalue weighted by Crippen LogP contribution is 2.66. The van der Waals surface area contributed by atoms with E-state index in [-0.39, 0.29) is 36.6 Å². The van der Waals surface area contributed by atoms with Crippen LogP contribution in [0.2, 0.25) is 5.82 Å². The molecule has 6 rings (SSSR count). The van der Waals surface area contributed by atoms with Crippen LogP contribution in [0.4, 0.5) is 0 Å². The van der Waals surface area contributed by atoms with Crippen LogP contribution in [0.3, 0.4) is 0 Å². The highest BCUT2D eigenvalue weighted by Gasteiger charge is 2.68. The third kappa shape index (κ3) is 4.57. The lowest BCUT2D eigenvalue weighted by atomic mass is 9.43. The zero-order chi connectivity index (χ0) is 24.8. The average Bonchev–Trinajstić information content (AvgIpc) is 3.21. The maximum atomic E-state index is 13.2. The molecule has 3 saturated carbocycles. The molecule has 3 aliphatic carbocycles. The number of amides is 1. The average molecular weight is 474 g/mol. The van der Waals surface area contributed by atoms with Crippen LogP contribution in [-0.4, -0.2) is 36.8 Å². The Bertz CT molecular complexity index is 1030. The van der Waals surface area contributed by atoms with Crippen LogP contribution in [0.1, 0.15) is 51.7 Å². The summed E-state index contributed by atoms with van der Waals surface area (Å²) < 4.78 is 13.3. The van der Waals surface area contributed by atoms with Gasteiger partial charge in [-0.3, -0.25) is 4.79 Å². The SMILES string of the molecule is C[C@@H](B1OC2CC3CC(C3(C)C)[C@@]2(C)O1)[C@@H](Cc1ccccc1)NC(=O)[C@@H](N)Cc1ccccc1. The van der Waals surface area contributed by atoms with E-state index in [0.717, 1.165) is 12.0 Å². The van der Waals surface area contributed by atoms with Gasteiger partial charge in [-0.1, -0.05) is 81.4 Å². The van der Waals surface area contributed by atoms with E-state index in [2.05, 4.69) is 45.1 Å². The molecule has 0 aromatic heterocycles. The first-order valence-electron chi connectivity index (χ1n) is 13.2. The fraction of sp³-hybridized carbons (Fsp3) is 0.552. The van der Waals surface area contributed by atoms with Crippen molar-refractivity contribution in [2.45, 2.75) is 83.0 Å². The molecular weight excluding hydrogens is 435 g/mol. The summed E-state index contributed by atoms with van der Waals surface area (Å²) in [7, 11) is -0.348. The third-order valence-corrected chi connectivity index (χ3v) is 9.29. The Morgan fingerprint density at radius 1 is 1.03 bits per heavy atom. The van der Waals surface area contributed by atoms with Gasteiger partial charge in [0.1, 0.15) is 0 Å². The lowest BCUT2D eigenvalue weighted by molar-refractivity contribution is -0.199. The molecule has 2 aromatic rings. The van der Waals surface area contributed by atoms with Gasteiger partial charge in [-0.25, -0.2) is 0 Å². The van der Waals surface area contributed by atoms with Gasteiger partial charge in [0.15, 0.2) is 0 Å². The van der Waals surface area contributed by atoms with E-state index in [4.69, 9.17) is 15.0 Å². The summed E-state index contributed by atoms with van der Waals surface area (Å²) in [4.78, 5) is 13.2. The molecule has 1 saturated heterocycles. The number of nitrogens with one attached hydrogen (secondary N) is 1. The summed E-state index contributed by atoms with van der Waals surface area (Å²) in [5.41, 5.74) is 8.61. The first kappa shape index (κ1) is 24.5. The molecule has 6 heteroatoms. The maximum Gasteiger partial charge on any atom is 0.462 e. The van der Waals surface area contributed by atoms with Gasteiger partial charge < -0.3 is 20.4 Å². The molecule has 2 bridgehead atoms. The Labute approximate surface area is 210 Å². The minimum atomic E-state index is -0.610. The largest absolute Gasteiger partial charge is 0.462 e. The Balaban J connectivity index is 1.31. The van der Waals surface area contributed by atoms with Crippen molar-refractivity contribution in [2.24, 2.45) is 23.0 Å². The summed E-state index contributed by atoms with van der Waals surface area (Å²) in [6.45, 7) is 9.13. The molecule has 0 radical (unpaired) electrons. The first-order valence-corrected chi connectivity index (χ1v) is 13.2. The Hall–Kier alpha value is -2.15. The van der Waals surface area contributed by atoms with Crippen molar-refractivity contribution in [1.29, 1.82) is 0 Å². The molecule has 4 aliphatic rings. The van der Waals surface area contributed by atoms with Crippen molar-refractivity contribution in [3.63, 3.8) is 0 Å². The molecule has 0 spiro atoms. The molecule has 1 heterocycles. The molecule has 4 fully saturated rings. The van der Waals surface area contributed by atoms with Crippen molar-refractivity contribution in [3.05, 3.63) is 71.8 Å². The maximum absolute atomic E-state index is 13.2. The van der Waals surface area contributed by atoms with E-state index in [1.807, 2.05) is 48.5 Å². The number of nitrogens with two attached hydrogens (primary N) is 1. The molecule has 186 valence electrons. The molecule has 3 unspecified atom stereocenters. The fourth-order valence-corrected chi connectivity index (χ4v) is 6.80. The number of carbonyl (C=O) groups excluding carboxylic acids is 1. The Morgan fingerprint density at radius 2 is 1.63 bits per heavy atom. The minimum absolute atomic E-state index is 0.0224. The number of hydrogen-bond donors (Lipinski definition) is 2. The summed E-state index contributed by atoms with van der Waals surface area (Å²) in [5, 5.41) is 3.27. The van der Waals surface area contributed by atoms with E-state index < -0.39 is 6.04 Å². The van der Waals surface area contributed by atoms with Crippen LogP contribution >= 0.6 is 0 Å². The molecule has 5 nitrogen and oxygen atoms in total. The van der Waals surface area contributed by atoms with Gasteiger partial charge in [-0.15, -0.1) is 0 Å². The number of hydrogen-bond acceptors (Lipinski definition) is 4. The van der Waals surface area contributed by atoms with E-state index >= 15 is 0 Å². The van der Waals surface area contributed by atoms with Crippen LogP contribution < -0.4 is 11.1 Å². The second kappa shape index (κ2) is 9.38. The summed E-state index contributed by atoms with van der Waals surface area (Å²) in [5.74, 6) is 1.06. The van der Waals surface area contributed by atoms with Crippen LogP contribution in [0.25, 0.3) is 0 Å². The van der Waals surface area contributed by atoms with Crippen LogP contribution in [0.5, 0.6) is 0 Å². The quantitative estimate of drug-likeness (QED) is 0.557. The predicted octanol–water partition coefficient (Wildman–Crippen LogP) is 4.40. The molecule has 35 heavy (non-hydrogen) atoms. The summed E-state index contributed by atoms with van der Waals surface area (Å²) in [6, 6.07) is 19.5. The van der Waals surface area contributed by atoms with Gasteiger partial charge >= 0.3 is 7.12 Å². The van der Waals surface area contributed by atoms with E-state index in [1.54, 1.807) is 0 Å². The zero-order valence-electron chi connectivity index (χ0n) is 21.4. The lowest BCUT2D eigenvalue weighted by Crippen LogP contribution is -2.65. The topological polar surface area (TPSA) is 73.6 Å². The summed E-state index contributed by atoms with van der Waals surface area (Å²) in [6.07, 6.45) is 3.62. The van der Waals surface area contributed by atoms with Crippen LogP contribution in [-0.2, 0) is 26.9 Å². The molecule has 3 N–H and O–H groups in total. The highest BCUT2D eigenvalue weighted by molar-refractivity contribution is 6.47. The second-order valence-corrected chi connectivity index (χ2v) is 11.8. The monoisotopic (exact) mass is 474 g/mol. The van der Waals surface area contributed by atoms with E-state index in [1.165, 1.54) is 12.0 Å². The number of carbonyl (C=O) groups is 1. The molecule has 1 amide bonds. The first-order chi connectivity index (χ1) is 16.7. The lowest BCUT2D eigenvalue weighted by Gasteiger charge is -2.64. The van der Waals surface area contributed by atoms with Crippen molar-refractivity contribution in [3.8, 4) is 0 Å². The van der Waals surface area contributed by atoms with Gasteiger partial charge in [0.05, 0.1) is 17.7 Å². The standard InChI is InChI=1S/C29H39BN2O3/c1-19(30-34-26-18-22-17-25(28(22,2)3)29(26,4)35-30)24(16-21-13-9-6-10-14-21)32-27(33)23(31)15-20-11-7-5-8-12-20/h5-14,19,22-26H,15-18,31H2,1-4H3,(H,32,33)/t19-,22?,23+,24-,25?,26?,29-/m1/s1. The van der Waals surface area contributed by atoms with Gasteiger partial charge in [0, 0.05) is 11.9 Å². The number of rotatable bonds is 8. The molecule has 2 aromatic carbocycles. The summed E-state index contributed by atoms with van der Waals surface area (Å²) >= 11 is 0. The predicted molar refractivity (Wildman–Crippen MR) is 140 cm³/mol. The van der Waals surface area contributed by atoms with Gasteiger partial charge in [0.25, 0.3) is 0 Å². The van der Waals surface area contributed by atoms with Crippen molar-refractivity contribution in [2.75, 3.05) is 0 Å². The molecular formula is C29H39BN2O3. The van der Waals surface area contributed by atoms with E-state index in [0.29, 0.717) is 30.1 Å². The Kier molecular flexibility index (Phi) is 6.58. The fourth-order valence-electron chi connectivity index (χ4n) is 6.80. The zero-order valence-corrected chi connectivity index (χ0v) is 21.4. The van der Waals surface area contributed by atoms with Gasteiger partial charge in [0.2, 0.25) is 5.91 Å². The van der Waals surface area contributed by atoms with Gasteiger partial charge in [-0.05, 0) is 61.0 Å². The Morgan fingerprint density at radius 3 is 2.23 bits per heavy atom. The third-order valence-electron chi connectivity index (χ3n) is 9.29. The van der Waals surface area contributed by atoms with Crippen LogP contribution in [0, 0.1) is 17.3 Å². The molecule has 7 atom stereocenters. The van der Waals surface area contributed by atoms with E-state index in [9.17, 15) is 4.79 Å². The molecule has 1 aliphatic heterocycles. The highest BCUT2D eigenvalue weighted by atomic mass is 16.7. The van der Waals surface area contributed by atoms with Crippen molar-refractivity contribution in [1.82, 2.24) is 5.32 Å². The smallest absolute Gasteiger partial charge is 0.405 e. The minimum Gasteiger partial charge on any atom is -0.405 e. The van der Waals surface area contributed by atoms with Gasteiger partial charge in [-0.2, -0.15) is 0 Å². The van der Waals surface area contributed by atoms with Crippen molar-refractivity contribution >= 4 is 13.0 Å². The van der Waals surface area contributed by atoms with Crippen LogP contribution in [0.15, 0.2) is 60.7 Å². The second-order valence-electron chi connectivity index (χ2n) is 11.8. The normalized spacial score (nSPS) is 31.1.